The molecule has 2 atom stereocenters. The van der Waals surface area contributed by atoms with Gasteiger partial charge < -0.3 is 20.1 Å². The fourth-order valence-corrected chi connectivity index (χ4v) is 3.84. The number of ether oxygens (including phenoxy) is 2. The Kier molecular flexibility index (Phi) is 7.65. The highest BCUT2D eigenvalue weighted by Gasteiger charge is 2.28. The summed E-state index contributed by atoms with van der Waals surface area (Å²) >= 11 is 5.56. The van der Waals surface area contributed by atoms with Crippen LogP contribution < -0.4 is 15.4 Å². The molecule has 0 aromatic heterocycles. The zero-order valence-electron chi connectivity index (χ0n) is 16.6. The van der Waals surface area contributed by atoms with E-state index in [1.54, 1.807) is 7.11 Å². The molecular formula is C22H29N3O2S. The second-order valence-corrected chi connectivity index (χ2v) is 7.38. The molecule has 0 bridgehead atoms. The van der Waals surface area contributed by atoms with Gasteiger partial charge in [0.15, 0.2) is 5.11 Å². The van der Waals surface area contributed by atoms with Crippen LogP contribution >= 0.6 is 12.2 Å². The van der Waals surface area contributed by atoms with Crippen molar-refractivity contribution in [3.05, 3.63) is 65.7 Å². The lowest BCUT2D eigenvalue weighted by Gasteiger charge is -2.38. The molecular weight excluding hydrogens is 370 g/mol. The van der Waals surface area contributed by atoms with Crippen LogP contribution in [0.1, 0.15) is 24.1 Å². The van der Waals surface area contributed by atoms with Gasteiger partial charge in [0.1, 0.15) is 5.75 Å². The number of rotatable bonds is 7. The summed E-state index contributed by atoms with van der Waals surface area (Å²) in [5, 5.41) is 7.46. The van der Waals surface area contributed by atoms with Gasteiger partial charge in [-0.1, -0.05) is 42.5 Å². The van der Waals surface area contributed by atoms with Crippen LogP contribution in [-0.4, -0.2) is 49.5 Å². The number of benzene rings is 2. The number of thiocarbonyl (C=S) groups is 1. The Morgan fingerprint density at radius 1 is 1.11 bits per heavy atom. The summed E-state index contributed by atoms with van der Waals surface area (Å²) in [6.45, 7) is 6.27. The normalized spacial score (nSPS) is 16.8. The van der Waals surface area contributed by atoms with Gasteiger partial charge in [-0.2, -0.15) is 0 Å². The summed E-state index contributed by atoms with van der Waals surface area (Å²) in [6, 6.07) is 19.0. The van der Waals surface area contributed by atoms with E-state index in [0.717, 1.165) is 37.6 Å². The molecule has 3 rings (SSSR count). The van der Waals surface area contributed by atoms with E-state index in [-0.39, 0.29) is 12.1 Å². The van der Waals surface area contributed by atoms with Gasteiger partial charge in [0, 0.05) is 25.7 Å². The lowest BCUT2D eigenvalue weighted by Crippen LogP contribution is -2.50. The molecule has 2 N–H and O–H groups in total. The fraction of sp³-hybridized carbons (Fsp3) is 0.409. The van der Waals surface area contributed by atoms with Gasteiger partial charge in [-0.15, -0.1) is 0 Å². The first-order chi connectivity index (χ1) is 13.7. The van der Waals surface area contributed by atoms with Crippen molar-refractivity contribution in [2.45, 2.75) is 25.6 Å². The molecule has 1 saturated heterocycles. The lowest BCUT2D eigenvalue weighted by atomic mass is 9.98. The van der Waals surface area contributed by atoms with Crippen molar-refractivity contribution in [3.63, 3.8) is 0 Å². The molecule has 2 aromatic carbocycles. The van der Waals surface area contributed by atoms with Crippen molar-refractivity contribution in [3.8, 4) is 5.75 Å². The van der Waals surface area contributed by atoms with Gasteiger partial charge in [-0.25, -0.2) is 0 Å². The largest absolute Gasteiger partial charge is 0.497 e. The molecule has 2 aromatic rings. The molecule has 5 nitrogen and oxygen atoms in total. The number of morpholine rings is 1. The van der Waals surface area contributed by atoms with Gasteiger partial charge in [0.05, 0.1) is 26.4 Å². The topological polar surface area (TPSA) is 45.8 Å². The molecule has 0 unspecified atom stereocenters. The first-order valence-electron chi connectivity index (χ1n) is 9.71. The van der Waals surface area contributed by atoms with E-state index in [9.17, 15) is 0 Å². The molecule has 0 saturated carbocycles. The van der Waals surface area contributed by atoms with Crippen molar-refractivity contribution < 1.29 is 9.47 Å². The van der Waals surface area contributed by atoms with Crippen LogP contribution in [0.4, 0.5) is 0 Å². The van der Waals surface area contributed by atoms with E-state index in [4.69, 9.17) is 21.7 Å². The van der Waals surface area contributed by atoms with E-state index < -0.39 is 0 Å². The molecule has 0 aliphatic carbocycles. The standard InChI is InChI=1S/C22H29N3O2S/c1-17(24-22(28)23-16-18-8-10-20(26-2)11-9-18)21(19-6-4-3-5-7-19)25-12-14-27-15-13-25/h3-11,17,21H,12-16H2,1-2H3,(H2,23,24,28)/t17-,21-/m1/s1. The molecule has 150 valence electrons. The van der Waals surface area contributed by atoms with Crippen LogP contribution in [0.15, 0.2) is 54.6 Å². The second-order valence-electron chi connectivity index (χ2n) is 6.97. The highest BCUT2D eigenvalue weighted by molar-refractivity contribution is 7.80. The van der Waals surface area contributed by atoms with Gasteiger partial charge in [0.2, 0.25) is 0 Å². The number of hydrogen-bond acceptors (Lipinski definition) is 4. The third-order valence-electron chi connectivity index (χ3n) is 5.02. The molecule has 28 heavy (non-hydrogen) atoms. The molecule has 1 heterocycles. The predicted octanol–water partition coefficient (Wildman–Crippen LogP) is 3.12. The average Bonchev–Trinajstić information content (AvgIpc) is 2.74. The number of hydrogen-bond donors (Lipinski definition) is 2. The van der Waals surface area contributed by atoms with Gasteiger partial charge in [0.25, 0.3) is 0 Å². The summed E-state index contributed by atoms with van der Waals surface area (Å²) in [6.07, 6.45) is 0. The van der Waals surface area contributed by atoms with E-state index >= 15 is 0 Å². The van der Waals surface area contributed by atoms with Crippen LogP contribution in [-0.2, 0) is 11.3 Å². The second kappa shape index (κ2) is 10.4. The smallest absolute Gasteiger partial charge is 0.166 e. The summed E-state index contributed by atoms with van der Waals surface area (Å²) in [7, 11) is 1.67. The van der Waals surface area contributed by atoms with E-state index in [1.165, 1.54) is 5.56 Å². The van der Waals surface area contributed by atoms with Gasteiger partial charge in [-0.05, 0) is 42.4 Å². The summed E-state index contributed by atoms with van der Waals surface area (Å²) in [5.41, 5.74) is 2.45. The molecule has 1 aliphatic heterocycles. The molecule has 1 aliphatic rings. The summed E-state index contributed by atoms with van der Waals surface area (Å²) in [5.74, 6) is 0.856. The monoisotopic (exact) mass is 399 g/mol. The van der Waals surface area contributed by atoms with Crippen molar-refractivity contribution in [2.75, 3.05) is 33.4 Å². The maximum Gasteiger partial charge on any atom is 0.166 e. The highest BCUT2D eigenvalue weighted by atomic mass is 32.1. The minimum Gasteiger partial charge on any atom is -0.497 e. The lowest BCUT2D eigenvalue weighted by molar-refractivity contribution is 0.0102. The van der Waals surface area contributed by atoms with Crippen LogP contribution in [0.3, 0.4) is 0 Å². The summed E-state index contributed by atoms with van der Waals surface area (Å²) < 4.78 is 10.7. The Morgan fingerprint density at radius 3 is 2.43 bits per heavy atom. The first-order valence-corrected chi connectivity index (χ1v) is 10.1. The van der Waals surface area contributed by atoms with Crippen LogP contribution in [0.2, 0.25) is 0 Å². The number of methoxy groups -OCH3 is 1. The van der Waals surface area contributed by atoms with Crippen molar-refractivity contribution >= 4 is 17.3 Å². The van der Waals surface area contributed by atoms with Crippen molar-refractivity contribution in [2.24, 2.45) is 0 Å². The van der Waals surface area contributed by atoms with Crippen molar-refractivity contribution in [1.82, 2.24) is 15.5 Å². The SMILES string of the molecule is COc1ccc(CNC(=S)N[C@H](C)[C@H](c2ccccc2)N2CCOCC2)cc1. The zero-order chi connectivity index (χ0) is 19.8. The van der Waals surface area contributed by atoms with Crippen molar-refractivity contribution in [1.29, 1.82) is 0 Å². The van der Waals surface area contributed by atoms with Gasteiger partial charge >= 0.3 is 0 Å². The van der Waals surface area contributed by atoms with Crippen LogP contribution in [0.5, 0.6) is 5.75 Å². The third-order valence-corrected chi connectivity index (χ3v) is 5.29. The first kappa shape index (κ1) is 20.6. The van der Waals surface area contributed by atoms with Gasteiger partial charge in [-0.3, -0.25) is 4.90 Å². The molecule has 1 fully saturated rings. The predicted molar refractivity (Wildman–Crippen MR) is 117 cm³/mol. The minimum absolute atomic E-state index is 0.163. The quantitative estimate of drug-likeness (QED) is 0.698. The van der Waals surface area contributed by atoms with E-state index in [1.807, 2.05) is 24.3 Å². The van der Waals surface area contributed by atoms with E-state index in [0.29, 0.717) is 11.7 Å². The molecule has 0 spiro atoms. The average molecular weight is 400 g/mol. The zero-order valence-corrected chi connectivity index (χ0v) is 17.4. The maximum absolute atomic E-state index is 5.56. The Morgan fingerprint density at radius 2 is 1.79 bits per heavy atom. The molecule has 6 heteroatoms. The Labute approximate surface area is 173 Å². The van der Waals surface area contributed by atoms with Crippen LogP contribution in [0.25, 0.3) is 0 Å². The third kappa shape index (κ3) is 5.67. The Balaban J connectivity index is 1.60. The Bertz CT molecular complexity index is 733. The van der Waals surface area contributed by atoms with E-state index in [2.05, 4.69) is 52.8 Å². The minimum atomic E-state index is 0.163. The highest BCUT2D eigenvalue weighted by Crippen LogP contribution is 2.25. The molecule has 0 radical (unpaired) electrons. The Hall–Kier alpha value is -2.15. The van der Waals surface area contributed by atoms with Crippen LogP contribution in [0, 0.1) is 0 Å². The molecule has 0 amide bonds. The maximum atomic E-state index is 5.56. The summed E-state index contributed by atoms with van der Waals surface area (Å²) in [4.78, 5) is 2.47. The number of nitrogens with one attached hydrogen (secondary N) is 2. The number of nitrogens with zero attached hydrogens (tertiary/aromatic N) is 1. The fourth-order valence-electron chi connectivity index (χ4n) is 3.58.